The van der Waals surface area contributed by atoms with Crippen LogP contribution in [0.15, 0.2) is 18.2 Å². The number of ether oxygens (including phenoxy) is 1. The van der Waals surface area contributed by atoms with E-state index in [0.717, 1.165) is 23.4 Å². The van der Waals surface area contributed by atoms with Crippen LogP contribution in [-0.4, -0.2) is 19.2 Å². The third-order valence-corrected chi connectivity index (χ3v) is 4.87. The molecule has 2 fully saturated rings. The molecule has 20 heavy (non-hydrogen) atoms. The Morgan fingerprint density at radius 1 is 1.20 bits per heavy atom. The van der Waals surface area contributed by atoms with Gasteiger partial charge in [-0.25, -0.2) is 0 Å². The number of piperidine rings is 1. The van der Waals surface area contributed by atoms with Gasteiger partial charge in [-0.3, -0.25) is 0 Å². The first kappa shape index (κ1) is 13.6. The summed E-state index contributed by atoms with van der Waals surface area (Å²) in [6.45, 7) is 3.85. The van der Waals surface area contributed by atoms with Crippen molar-refractivity contribution in [3.05, 3.63) is 18.2 Å². The molecule has 110 valence electrons. The van der Waals surface area contributed by atoms with Crippen molar-refractivity contribution in [3.8, 4) is 5.75 Å². The van der Waals surface area contributed by atoms with E-state index in [4.69, 9.17) is 10.5 Å². The highest BCUT2D eigenvalue weighted by atomic mass is 16.5. The summed E-state index contributed by atoms with van der Waals surface area (Å²) in [6.07, 6.45) is 8.28. The van der Waals surface area contributed by atoms with Gasteiger partial charge < -0.3 is 15.4 Å². The molecule has 1 aliphatic heterocycles. The first-order valence-electron chi connectivity index (χ1n) is 8.08. The van der Waals surface area contributed by atoms with Gasteiger partial charge in [-0.15, -0.1) is 0 Å². The predicted molar refractivity (Wildman–Crippen MR) is 84.3 cm³/mol. The molecule has 3 heteroatoms. The normalized spacial score (nSPS) is 26.1. The van der Waals surface area contributed by atoms with Crippen LogP contribution in [0.5, 0.6) is 5.75 Å². The van der Waals surface area contributed by atoms with E-state index in [1.54, 1.807) is 0 Å². The van der Waals surface area contributed by atoms with Crippen molar-refractivity contribution in [2.75, 3.05) is 23.8 Å². The van der Waals surface area contributed by atoms with E-state index in [2.05, 4.69) is 17.0 Å². The van der Waals surface area contributed by atoms with Crippen molar-refractivity contribution >= 4 is 11.4 Å². The summed E-state index contributed by atoms with van der Waals surface area (Å²) in [4.78, 5) is 2.61. The van der Waals surface area contributed by atoms with Crippen LogP contribution in [0.3, 0.4) is 0 Å². The highest BCUT2D eigenvalue weighted by Gasteiger charge is 2.33. The maximum absolute atomic E-state index is 5.99. The highest BCUT2D eigenvalue weighted by Crippen LogP contribution is 2.39. The molecule has 2 aliphatic rings. The molecule has 1 aliphatic carbocycles. The molecular weight excluding hydrogens is 248 g/mol. The molecule has 1 aromatic carbocycles. The van der Waals surface area contributed by atoms with Gasteiger partial charge in [0.25, 0.3) is 0 Å². The van der Waals surface area contributed by atoms with Crippen LogP contribution >= 0.6 is 0 Å². The minimum Gasteiger partial charge on any atom is -0.492 e. The van der Waals surface area contributed by atoms with Crippen LogP contribution in [0, 0.1) is 5.92 Å². The van der Waals surface area contributed by atoms with Crippen LogP contribution in [0.1, 0.15) is 45.4 Å². The van der Waals surface area contributed by atoms with Crippen LogP contribution in [0.4, 0.5) is 11.4 Å². The zero-order valence-electron chi connectivity index (χ0n) is 12.5. The first-order valence-corrected chi connectivity index (χ1v) is 8.08. The lowest BCUT2D eigenvalue weighted by molar-refractivity contribution is 0.243. The Balaban J connectivity index is 1.85. The smallest absolute Gasteiger partial charge is 0.144 e. The maximum atomic E-state index is 5.99. The largest absolute Gasteiger partial charge is 0.492 e. The minimum atomic E-state index is 0.666. The van der Waals surface area contributed by atoms with Crippen LogP contribution in [-0.2, 0) is 0 Å². The quantitative estimate of drug-likeness (QED) is 0.851. The van der Waals surface area contributed by atoms with Crippen molar-refractivity contribution in [3.63, 3.8) is 0 Å². The van der Waals surface area contributed by atoms with Crippen molar-refractivity contribution in [2.45, 2.75) is 51.5 Å². The average molecular weight is 274 g/mol. The first-order chi connectivity index (χ1) is 9.79. The number of rotatable bonds is 3. The molecule has 1 saturated heterocycles. The third kappa shape index (κ3) is 2.58. The summed E-state index contributed by atoms with van der Waals surface area (Å²) in [5, 5.41) is 0. The molecule has 0 amide bonds. The molecular formula is C17H26N2O. The van der Waals surface area contributed by atoms with E-state index >= 15 is 0 Å². The Labute approximate surface area is 122 Å². The summed E-state index contributed by atoms with van der Waals surface area (Å²) in [5.74, 6) is 1.73. The molecule has 2 N–H and O–H groups in total. The number of nitrogens with zero attached hydrogens (tertiary/aromatic N) is 1. The van der Waals surface area contributed by atoms with E-state index in [1.807, 2.05) is 13.0 Å². The minimum absolute atomic E-state index is 0.666. The summed E-state index contributed by atoms with van der Waals surface area (Å²) in [6, 6.07) is 7.02. The number of nitrogens with two attached hydrogens (primary N) is 1. The molecule has 3 nitrogen and oxygen atoms in total. The topological polar surface area (TPSA) is 38.5 Å². The Bertz CT molecular complexity index is 458. The van der Waals surface area contributed by atoms with Gasteiger partial charge in [0.05, 0.1) is 12.3 Å². The number of hydrogen-bond donors (Lipinski definition) is 1. The van der Waals surface area contributed by atoms with Crippen LogP contribution < -0.4 is 15.4 Å². The van der Waals surface area contributed by atoms with Crippen molar-refractivity contribution in [1.82, 2.24) is 0 Å². The maximum Gasteiger partial charge on any atom is 0.144 e. The summed E-state index contributed by atoms with van der Waals surface area (Å²) < 4.78 is 5.65. The predicted octanol–water partition coefficient (Wildman–Crippen LogP) is 3.83. The molecule has 1 saturated carbocycles. The van der Waals surface area contributed by atoms with Crippen LogP contribution in [0.25, 0.3) is 0 Å². The van der Waals surface area contributed by atoms with E-state index in [9.17, 15) is 0 Å². The van der Waals surface area contributed by atoms with E-state index in [-0.39, 0.29) is 0 Å². The molecule has 1 heterocycles. The molecule has 0 aromatic heterocycles. The summed E-state index contributed by atoms with van der Waals surface area (Å²) in [5.41, 5.74) is 8.03. The second-order valence-corrected chi connectivity index (χ2v) is 6.10. The van der Waals surface area contributed by atoms with Crippen molar-refractivity contribution in [2.24, 2.45) is 5.92 Å². The van der Waals surface area contributed by atoms with Gasteiger partial charge in [0.1, 0.15) is 5.75 Å². The lowest BCUT2D eigenvalue weighted by Gasteiger charge is -2.45. The SMILES string of the molecule is CCOc1cc(N2CCCC3CCCCC32)ccc1N. The lowest BCUT2D eigenvalue weighted by Crippen LogP contribution is -2.46. The Kier molecular flexibility index (Phi) is 4.04. The van der Waals surface area contributed by atoms with Gasteiger partial charge in [0.15, 0.2) is 0 Å². The molecule has 3 rings (SSSR count). The third-order valence-electron chi connectivity index (χ3n) is 4.87. The summed E-state index contributed by atoms with van der Waals surface area (Å²) >= 11 is 0. The van der Waals surface area contributed by atoms with Crippen molar-refractivity contribution in [1.29, 1.82) is 0 Å². The average Bonchev–Trinajstić information content (AvgIpc) is 2.49. The monoisotopic (exact) mass is 274 g/mol. The van der Waals surface area contributed by atoms with Crippen molar-refractivity contribution < 1.29 is 4.74 Å². The van der Waals surface area contributed by atoms with E-state index < -0.39 is 0 Å². The zero-order chi connectivity index (χ0) is 13.9. The van der Waals surface area contributed by atoms with Gasteiger partial charge in [0.2, 0.25) is 0 Å². The fourth-order valence-corrected chi connectivity index (χ4v) is 3.93. The van der Waals surface area contributed by atoms with E-state index in [0.29, 0.717) is 6.61 Å². The van der Waals surface area contributed by atoms with Gasteiger partial charge in [-0.2, -0.15) is 0 Å². The molecule has 2 atom stereocenters. The Hall–Kier alpha value is -1.38. The second-order valence-electron chi connectivity index (χ2n) is 6.10. The lowest BCUT2D eigenvalue weighted by atomic mass is 9.78. The number of nitrogen functional groups attached to an aromatic ring is 1. The molecule has 0 spiro atoms. The van der Waals surface area contributed by atoms with Gasteiger partial charge in [0, 0.05) is 24.3 Å². The van der Waals surface area contributed by atoms with Gasteiger partial charge in [-0.1, -0.05) is 12.8 Å². The second kappa shape index (κ2) is 5.94. The number of fused-ring (bicyclic) bond motifs is 1. The number of anilines is 2. The highest BCUT2D eigenvalue weighted by molar-refractivity contribution is 5.63. The molecule has 0 radical (unpaired) electrons. The van der Waals surface area contributed by atoms with Crippen LogP contribution in [0.2, 0.25) is 0 Å². The molecule has 1 aromatic rings. The Morgan fingerprint density at radius 3 is 2.85 bits per heavy atom. The Morgan fingerprint density at radius 2 is 2.00 bits per heavy atom. The molecule has 0 bridgehead atoms. The van der Waals surface area contributed by atoms with E-state index in [1.165, 1.54) is 50.8 Å². The molecule has 2 unspecified atom stereocenters. The fraction of sp³-hybridized carbons (Fsp3) is 0.647. The number of benzene rings is 1. The summed E-state index contributed by atoms with van der Waals surface area (Å²) in [7, 11) is 0. The van der Waals surface area contributed by atoms with Gasteiger partial charge in [-0.05, 0) is 50.7 Å². The standard InChI is InChI=1S/C17H26N2O/c1-2-20-17-12-14(9-10-15(17)18)19-11-5-7-13-6-3-4-8-16(13)19/h9-10,12-13,16H,2-8,11,18H2,1H3. The number of hydrogen-bond acceptors (Lipinski definition) is 3. The van der Waals surface area contributed by atoms with Gasteiger partial charge >= 0.3 is 0 Å². The zero-order valence-corrected chi connectivity index (χ0v) is 12.5. The fourth-order valence-electron chi connectivity index (χ4n) is 3.93.